The summed E-state index contributed by atoms with van der Waals surface area (Å²) in [6.45, 7) is 6.42. The smallest absolute Gasteiger partial charge is 0.247 e. The van der Waals surface area contributed by atoms with E-state index in [1.54, 1.807) is 0 Å². The predicted molar refractivity (Wildman–Crippen MR) is 133 cm³/mol. The minimum absolute atomic E-state index is 0.0397. The van der Waals surface area contributed by atoms with E-state index in [1.807, 2.05) is 103 Å². The number of hydrogen-bond donors (Lipinski definition) is 1. The Morgan fingerprint density at radius 1 is 0.941 bits per heavy atom. The van der Waals surface area contributed by atoms with Crippen LogP contribution < -0.4 is 5.32 Å². The first kappa shape index (κ1) is 21.9. The van der Waals surface area contributed by atoms with Gasteiger partial charge in [-0.15, -0.1) is 0 Å². The number of benzene rings is 3. The van der Waals surface area contributed by atoms with E-state index in [-0.39, 0.29) is 24.3 Å². The monoisotopic (exact) mass is 452 g/mol. The molecule has 4 aromatic rings. The Morgan fingerprint density at radius 3 is 2.35 bits per heavy atom. The number of hydrogen-bond acceptors (Lipinski definition) is 3. The maximum atomic E-state index is 13.9. The Bertz CT molecular complexity index is 1360. The molecule has 0 aliphatic carbocycles. The molecule has 0 saturated heterocycles. The maximum absolute atomic E-state index is 13.9. The van der Waals surface area contributed by atoms with E-state index in [4.69, 9.17) is 4.98 Å². The van der Waals surface area contributed by atoms with Gasteiger partial charge in [0, 0.05) is 12.2 Å². The summed E-state index contributed by atoms with van der Waals surface area (Å²) in [4.78, 5) is 33.8. The molecule has 3 aromatic carbocycles. The van der Waals surface area contributed by atoms with Gasteiger partial charge in [-0.25, -0.2) is 4.98 Å². The second kappa shape index (κ2) is 8.78. The fraction of sp³-hybridized carbons (Fsp3) is 0.250. The molecule has 6 heteroatoms. The number of nitrogens with zero attached hydrogens (tertiary/aromatic N) is 3. The van der Waals surface area contributed by atoms with Crippen molar-refractivity contribution in [3.63, 3.8) is 0 Å². The first-order valence-electron chi connectivity index (χ1n) is 11.6. The van der Waals surface area contributed by atoms with Crippen LogP contribution in [0.3, 0.4) is 0 Å². The SMILES string of the molecule is Cc1cccc(C)c1NC(=O)C[C@H]1C(=O)N(Cc2ccccc2)[C@H](C)c2nc3ccccc3n21. The minimum atomic E-state index is -0.661. The first-order chi connectivity index (χ1) is 16.4. The van der Waals surface area contributed by atoms with Gasteiger partial charge in [-0.1, -0.05) is 60.7 Å². The summed E-state index contributed by atoms with van der Waals surface area (Å²) in [5, 5.41) is 3.05. The molecule has 0 saturated carbocycles. The second-order valence-corrected chi connectivity index (χ2v) is 8.99. The molecule has 1 aliphatic heterocycles. The summed E-state index contributed by atoms with van der Waals surface area (Å²) in [6, 6.07) is 22.8. The zero-order valence-electron chi connectivity index (χ0n) is 19.7. The van der Waals surface area contributed by atoms with E-state index in [0.29, 0.717) is 6.54 Å². The lowest BCUT2D eigenvalue weighted by Gasteiger charge is -2.38. The third-order valence-electron chi connectivity index (χ3n) is 6.66. The number of imidazole rings is 1. The van der Waals surface area contributed by atoms with Crippen LogP contribution in [0.15, 0.2) is 72.8 Å². The quantitative estimate of drug-likeness (QED) is 0.445. The van der Waals surface area contributed by atoms with Gasteiger partial charge in [-0.2, -0.15) is 0 Å². The highest BCUT2D eigenvalue weighted by molar-refractivity contribution is 5.97. The van der Waals surface area contributed by atoms with E-state index in [1.165, 1.54) is 0 Å². The normalized spacial score (nSPS) is 17.6. The lowest BCUT2D eigenvalue weighted by atomic mass is 10.0. The third-order valence-corrected chi connectivity index (χ3v) is 6.66. The molecule has 34 heavy (non-hydrogen) atoms. The Balaban J connectivity index is 1.52. The van der Waals surface area contributed by atoms with Crippen molar-refractivity contribution in [3.05, 3.63) is 95.3 Å². The number of aryl methyl sites for hydroxylation is 2. The fourth-order valence-electron chi connectivity index (χ4n) is 4.87. The molecule has 1 aliphatic rings. The molecule has 2 atom stereocenters. The Morgan fingerprint density at radius 2 is 1.62 bits per heavy atom. The van der Waals surface area contributed by atoms with Crippen LogP contribution in [0, 0.1) is 13.8 Å². The molecule has 0 unspecified atom stereocenters. The molecular formula is C28H28N4O2. The number of para-hydroxylation sites is 3. The average molecular weight is 453 g/mol. The molecule has 0 spiro atoms. The molecule has 0 bridgehead atoms. The van der Waals surface area contributed by atoms with Crippen LogP contribution >= 0.6 is 0 Å². The van der Waals surface area contributed by atoms with Crippen LogP contribution in [-0.2, 0) is 16.1 Å². The predicted octanol–water partition coefficient (Wildman–Crippen LogP) is 5.33. The van der Waals surface area contributed by atoms with Gasteiger partial charge in [0.05, 0.1) is 23.5 Å². The van der Waals surface area contributed by atoms with Gasteiger partial charge in [-0.3, -0.25) is 9.59 Å². The molecule has 0 fully saturated rings. The number of rotatable bonds is 5. The molecule has 5 rings (SSSR count). The maximum Gasteiger partial charge on any atom is 0.247 e. The second-order valence-electron chi connectivity index (χ2n) is 8.99. The molecule has 1 aromatic heterocycles. The summed E-state index contributed by atoms with van der Waals surface area (Å²) in [5.41, 5.74) is 5.56. The molecule has 2 heterocycles. The van der Waals surface area contributed by atoms with Gasteiger partial charge in [-0.05, 0) is 49.6 Å². The Labute approximate surface area is 199 Å². The van der Waals surface area contributed by atoms with Crippen LogP contribution in [-0.4, -0.2) is 26.3 Å². The lowest BCUT2D eigenvalue weighted by molar-refractivity contribution is -0.142. The van der Waals surface area contributed by atoms with Crippen molar-refractivity contribution < 1.29 is 9.59 Å². The number of carbonyl (C=O) groups is 2. The number of fused-ring (bicyclic) bond motifs is 3. The van der Waals surface area contributed by atoms with Crippen LogP contribution in [0.1, 0.15) is 47.9 Å². The number of aromatic nitrogens is 2. The molecule has 6 nitrogen and oxygen atoms in total. The Hall–Kier alpha value is -3.93. The summed E-state index contributed by atoms with van der Waals surface area (Å²) < 4.78 is 1.97. The zero-order chi connectivity index (χ0) is 23.8. The van der Waals surface area contributed by atoms with Crippen LogP contribution in [0.4, 0.5) is 5.69 Å². The van der Waals surface area contributed by atoms with Gasteiger partial charge in [0.15, 0.2) is 0 Å². The average Bonchev–Trinajstić information content (AvgIpc) is 3.22. The van der Waals surface area contributed by atoms with E-state index in [0.717, 1.165) is 39.2 Å². The standard InChI is InChI=1S/C28H28N4O2/c1-18-10-9-11-19(2)26(18)30-25(33)16-24-28(34)31(17-21-12-5-4-6-13-21)20(3)27-29-22-14-7-8-15-23(22)32(24)27/h4-15,20,24H,16-17H2,1-3H3,(H,30,33)/t20-,24+/m1/s1. The zero-order valence-corrected chi connectivity index (χ0v) is 19.7. The summed E-state index contributed by atoms with van der Waals surface area (Å²) in [5.74, 6) is 0.555. The summed E-state index contributed by atoms with van der Waals surface area (Å²) in [7, 11) is 0. The number of nitrogens with one attached hydrogen (secondary N) is 1. The first-order valence-corrected chi connectivity index (χ1v) is 11.6. The van der Waals surface area contributed by atoms with Crippen LogP contribution in [0.5, 0.6) is 0 Å². The van der Waals surface area contributed by atoms with Crippen LogP contribution in [0.25, 0.3) is 11.0 Å². The molecular weight excluding hydrogens is 424 g/mol. The van der Waals surface area contributed by atoms with Gasteiger partial charge in [0.2, 0.25) is 11.8 Å². The fourth-order valence-corrected chi connectivity index (χ4v) is 4.87. The Kier molecular flexibility index (Phi) is 5.65. The van der Waals surface area contributed by atoms with Crippen molar-refractivity contribution in [3.8, 4) is 0 Å². The van der Waals surface area contributed by atoms with Gasteiger partial charge in [0.25, 0.3) is 0 Å². The highest BCUT2D eigenvalue weighted by Gasteiger charge is 2.40. The van der Waals surface area contributed by atoms with E-state index < -0.39 is 6.04 Å². The topological polar surface area (TPSA) is 67.2 Å². The summed E-state index contributed by atoms with van der Waals surface area (Å²) in [6.07, 6.45) is 0.0397. The third kappa shape index (κ3) is 3.85. The number of anilines is 1. The number of amides is 2. The largest absolute Gasteiger partial charge is 0.327 e. The van der Waals surface area contributed by atoms with Crippen molar-refractivity contribution in [2.24, 2.45) is 0 Å². The number of carbonyl (C=O) groups excluding carboxylic acids is 2. The minimum Gasteiger partial charge on any atom is -0.327 e. The van der Waals surface area contributed by atoms with Crippen molar-refractivity contribution in [2.75, 3.05) is 5.32 Å². The summed E-state index contributed by atoms with van der Waals surface area (Å²) >= 11 is 0. The van der Waals surface area contributed by atoms with Crippen LogP contribution in [0.2, 0.25) is 0 Å². The van der Waals surface area contributed by atoms with Crippen molar-refractivity contribution in [1.29, 1.82) is 0 Å². The van der Waals surface area contributed by atoms with Gasteiger partial charge in [0.1, 0.15) is 11.9 Å². The molecule has 172 valence electrons. The lowest BCUT2D eigenvalue weighted by Crippen LogP contribution is -2.45. The van der Waals surface area contributed by atoms with Crippen molar-refractivity contribution in [2.45, 2.75) is 45.8 Å². The van der Waals surface area contributed by atoms with Crippen molar-refractivity contribution in [1.82, 2.24) is 14.5 Å². The molecule has 2 amide bonds. The van der Waals surface area contributed by atoms with E-state index >= 15 is 0 Å². The molecule has 1 N–H and O–H groups in total. The van der Waals surface area contributed by atoms with E-state index in [9.17, 15) is 9.59 Å². The highest BCUT2D eigenvalue weighted by Crippen LogP contribution is 2.37. The molecule has 0 radical (unpaired) electrons. The highest BCUT2D eigenvalue weighted by atomic mass is 16.2. The van der Waals surface area contributed by atoms with E-state index in [2.05, 4.69) is 5.32 Å². The van der Waals surface area contributed by atoms with Gasteiger partial charge >= 0.3 is 0 Å². The van der Waals surface area contributed by atoms with Crippen molar-refractivity contribution >= 4 is 28.5 Å². The van der Waals surface area contributed by atoms with Gasteiger partial charge < -0.3 is 14.8 Å².